The number of rotatable bonds is 2. The van der Waals surface area contributed by atoms with E-state index in [1.54, 1.807) is 6.92 Å². The van der Waals surface area contributed by atoms with Gasteiger partial charge in [-0.2, -0.15) is 5.26 Å². The Morgan fingerprint density at radius 2 is 1.89 bits per heavy atom. The van der Waals surface area contributed by atoms with E-state index in [1.165, 1.54) is 25.8 Å². The first kappa shape index (κ1) is 28.8. The van der Waals surface area contributed by atoms with Crippen molar-refractivity contribution in [2.45, 2.75) is 62.7 Å². The number of methoxy groups -OCH3 is 1. The summed E-state index contributed by atoms with van der Waals surface area (Å²) >= 11 is 1.22. The number of hydrogen-bond acceptors (Lipinski definition) is 13. The van der Waals surface area contributed by atoms with Crippen LogP contribution in [-0.2, 0) is 25.5 Å². The van der Waals surface area contributed by atoms with Gasteiger partial charge in [0.2, 0.25) is 12.6 Å². The molecule has 0 aliphatic carbocycles. The third kappa shape index (κ3) is 3.87. The van der Waals surface area contributed by atoms with Crippen molar-refractivity contribution in [3.8, 4) is 34.8 Å². The van der Waals surface area contributed by atoms with E-state index in [0.717, 1.165) is 11.1 Å². The van der Waals surface area contributed by atoms with Crippen molar-refractivity contribution in [3.63, 3.8) is 0 Å². The fourth-order valence-corrected chi connectivity index (χ4v) is 9.23. The number of aryl methyl sites for hydroxylation is 1. The lowest BCUT2D eigenvalue weighted by molar-refractivity contribution is -0.157. The molecule has 2 saturated heterocycles. The zero-order valence-corrected chi connectivity index (χ0v) is 25.6. The van der Waals surface area contributed by atoms with Gasteiger partial charge in [-0.1, -0.05) is 6.07 Å². The molecule has 0 saturated carbocycles. The number of phenolic OH excluding ortho intramolecular Hbond substituents is 1. The van der Waals surface area contributed by atoms with Gasteiger partial charge in [0.1, 0.15) is 18.4 Å². The highest BCUT2D eigenvalue weighted by molar-refractivity contribution is 8.00. The van der Waals surface area contributed by atoms with E-state index in [1.807, 2.05) is 20.0 Å². The molecule has 0 amide bonds. The van der Waals surface area contributed by atoms with E-state index >= 15 is 0 Å². The third-order valence-corrected chi connectivity index (χ3v) is 10.8. The van der Waals surface area contributed by atoms with Gasteiger partial charge in [0.25, 0.3) is 0 Å². The summed E-state index contributed by atoms with van der Waals surface area (Å²) in [6.45, 7) is 4.65. The molecule has 12 nitrogen and oxygen atoms in total. The number of piperazine rings is 1. The Balaban J connectivity index is 1.57. The molecule has 6 atom stereocenters. The number of carbonyl (C=O) groups is 3. The van der Waals surface area contributed by atoms with Crippen molar-refractivity contribution < 1.29 is 43.2 Å². The molecule has 0 aromatic heterocycles. The number of benzene rings is 2. The second kappa shape index (κ2) is 10.3. The number of likely N-dealkylation sites (N-methyl/N-ethyl adjacent to an activating group) is 1. The summed E-state index contributed by atoms with van der Waals surface area (Å²) in [6.07, 6.45) is 0.488. The number of ketones is 1. The number of Topliss-reactive ketones (excluding diaryl/α,β-unsaturated/α-hetero) is 1. The maximum Gasteiger partial charge on any atom is 0.375 e. The molecule has 5 heterocycles. The number of nitriles is 1. The second-order valence-electron chi connectivity index (χ2n) is 11.8. The summed E-state index contributed by atoms with van der Waals surface area (Å²) in [7, 11) is 3.45. The molecule has 7 rings (SSSR count). The predicted molar refractivity (Wildman–Crippen MR) is 155 cm³/mol. The molecule has 230 valence electrons. The zero-order chi connectivity index (χ0) is 31.2. The lowest BCUT2D eigenvalue weighted by atomic mass is 9.71. The molecule has 5 aliphatic heterocycles. The second-order valence-corrected chi connectivity index (χ2v) is 12.9. The largest absolute Gasteiger partial charge is 0.504 e. The topological polar surface area (TPSA) is 148 Å². The van der Waals surface area contributed by atoms with Crippen LogP contribution in [0.1, 0.15) is 57.6 Å². The fourth-order valence-electron chi connectivity index (χ4n) is 7.90. The number of hydrogen-bond donors (Lipinski definition) is 1. The maximum absolute atomic E-state index is 12.9. The van der Waals surface area contributed by atoms with Gasteiger partial charge in [-0.05, 0) is 38.4 Å². The van der Waals surface area contributed by atoms with Gasteiger partial charge in [0, 0.05) is 41.3 Å². The molecular formula is C31H31N3O9S. The summed E-state index contributed by atoms with van der Waals surface area (Å²) in [4.78, 5) is 42.3. The number of carbonyl (C=O) groups excluding carboxylic acids is 3. The molecule has 1 unspecified atom stereocenters. The molecule has 13 heteroatoms. The van der Waals surface area contributed by atoms with Crippen molar-refractivity contribution in [2.24, 2.45) is 0 Å². The number of thioether (sulfide) groups is 1. The van der Waals surface area contributed by atoms with Crippen LogP contribution in [0.15, 0.2) is 6.07 Å². The molecule has 2 aromatic carbocycles. The van der Waals surface area contributed by atoms with Gasteiger partial charge < -0.3 is 28.8 Å². The highest BCUT2D eigenvalue weighted by Gasteiger charge is 2.60. The zero-order valence-electron chi connectivity index (χ0n) is 24.8. The number of fused-ring (bicyclic) bond motifs is 9. The Morgan fingerprint density at radius 3 is 2.59 bits per heavy atom. The monoisotopic (exact) mass is 621 g/mol. The number of esters is 2. The Kier molecular flexibility index (Phi) is 6.73. The van der Waals surface area contributed by atoms with Crippen LogP contribution >= 0.6 is 11.8 Å². The number of ether oxygens (including phenoxy) is 5. The SMILES string of the molecule is COc1c(C)cc2c(c1O)C1[C@@H]3[C@@H]4SCC(=O)C(=O)OC[C@@H](c5c6c(c(C)c(OC(C)=O)c54)OCO6)N3[C@@H](C#N)[C@H](C2)N1C. The van der Waals surface area contributed by atoms with Crippen molar-refractivity contribution in [1.82, 2.24) is 9.80 Å². The van der Waals surface area contributed by atoms with E-state index in [9.17, 15) is 24.8 Å². The van der Waals surface area contributed by atoms with Crippen molar-refractivity contribution >= 4 is 29.5 Å². The van der Waals surface area contributed by atoms with Crippen LogP contribution < -0.4 is 18.9 Å². The number of aromatic hydroxyl groups is 1. The lowest BCUT2D eigenvalue weighted by Gasteiger charge is -2.61. The first-order valence-corrected chi connectivity index (χ1v) is 15.4. The minimum absolute atomic E-state index is 0.0240. The molecule has 0 radical (unpaired) electrons. The van der Waals surface area contributed by atoms with Crippen molar-refractivity contribution in [1.29, 1.82) is 5.26 Å². The summed E-state index contributed by atoms with van der Waals surface area (Å²) in [6, 6.07) is 1.81. The van der Waals surface area contributed by atoms with Crippen LogP contribution in [0.25, 0.3) is 0 Å². The Bertz CT molecular complexity index is 1690. The minimum atomic E-state index is -0.949. The average molecular weight is 622 g/mol. The Labute approximate surface area is 257 Å². The van der Waals surface area contributed by atoms with Crippen molar-refractivity contribution in [3.05, 3.63) is 39.4 Å². The molecule has 4 bridgehead atoms. The number of nitrogens with zero attached hydrogens (tertiary/aromatic N) is 3. The molecule has 1 N–H and O–H groups in total. The van der Waals surface area contributed by atoms with E-state index in [2.05, 4.69) is 15.9 Å². The number of phenols is 1. The minimum Gasteiger partial charge on any atom is -0.504 e. The molecule has 44 heavy (non-hydrogen) atoms. The first-order valence-electron chi connectivity index (χ1n) is 14.3. The first-order chi connectivity index (χ1) is 21.1. The van der Waals surface area contributed by atoms with Crippen LogP contribution in [0.5, 0.6) is 28.7 Å². The standard InChI is InChI=1S/C31H31N3O9S/c1-12-6-15-7-16-17(8-32)34-18-9-40-31(38)19(36)10-44-30(24(34)23(33(16)4)20(15)25(37)26(12)39-5)22-21(18)29-28(41-11-42-29)13(2)27(22)43-14(3)35/h6,16-18,23-24,30,37H,7,9-11H2,1-5H3/t16-,17-,18-,23?,24+,30+/m0/s1. The summed E-state index contributed by atoms with van der Waals surface area (Å²) in [5.41, 5.74) is 4.16. The van der Waals surface area contributed by atoms with Gasteiger partial charge in [0.15, 0.2) is 23.0 Å². The summed E-state index contributed by atoms with van der Waals surface area (Å²) < 4.78 is 29.0. The van der Waals surface area contributed by atoms with Gasteiger partial charge in [0.05, 0.1) is 36.3 Å². The van der Waals surface area contributed by atoms with Gasteiger partial charge in [-0.15, -0.1) is 11.8 Å². The van der Waals surface area contributed by atoms with E-state index < -0.39 is 47.1 Å². The predicted octanol–water partition coefficient (Wildman–Crippen LogP) is 2.80. The van der Waals surface area contributed by atoms with Crippen LogP contribution in [0.3, 0.4) is 0 Å². The third-order valence-electron chi connectivity index (χ3n) is 9.54. The number of cyclic esters (lactones) is 1. The van der Waals surface area contributed by atoms with E-state index in [0.29, 0.717) is 51.7 Å². The highest BCUT2D eigenvalue weighted by Crippen LogP contribution is 2.63. The van der Waals surface area contributed by atoms with E-state index in [4.69, 9.17) is 23.7 Å². The molecule has 5 aliphatic rings. The van der Waals surface area contributed by atoms with Gasteiger partial charge in [-0.3, -0.25) is 19.4 Å². The molecule has 2 fully saturated rings. The summed E-state index contributed by atoms with van der Waals surface area (Å²) in [5, 5.41) is 21.9. The summed E-state index contributed by atoms with van der Waals surface area (Å²) in [5.74, 6) is -0.855. The fraction of sp³-hybridized carbons (Fsp3) is 0.484. The normalized spacial score (nSPS) is 28.7. The van der Waals surface area contributed by atoms with E-state index in [-0.39, 0.29) is 30.9 Å². The maximum atomic E-state index is 12.9. The van der Waals surface area contributed by atoms with Crippen molar-refractivity contribution in [2.75, 3.05) is 33.3 Å². The lowest BCUT2D eigenvalue weighted by Crippen LogP contribution is -2.69. The van der Waals surface area contributed by atoms with Gasteiger partial charge in [-0.25, -0.2) is 4.79 Å². The van der Waals surface area contributed by atoms with Crippen LogP contribution in [0, 0.1) is 25.2 Å². The highest BCUT2D eigenvalue weighted by atomic mass is 32.2. The Morgan fingerprint density at radius 1 is 1.14 bits per heavy atom. The quantitative estimate of drug-likeness (QED) is 0.298. The molecular weight excluding hydrogens is 590 g/mol. The smallest absolute Gasteiger partial charge is 0.375 e. The van der Waals surface area contributed by atoms with Gasteiger partial charge >= 0.3 is 11.9 Å². The molecule has 0 spiro atoms. The van der Waals surface area contributed by atoms with Crippen LogP contribution in [0.2, 0.25) is 0 Å². The molecule has 2 aromatic rings. The van der Waals surface area contributed by atoms with Crippen LogP contribution in [0.4, 0.5) is 0 Å². The average Bonchev–Trinajstić information content (AvgIpc) is 3.47. The Hall–Kier alpha value is -3.99. The van der Waals surface area contributed by atoms with Crippen LogP contribution in [-0.4, -0.2) is 84.1 Å².